The van der Waals surface area contributed by atoms with E-state index in [1.54, 1.807) is 0 Å². The molecule has 0 fully saturated rings. The lowest BCUT2D eigenvalue weighted by atomic mass is 9.98. The highest BCUT2D eigenvalue weighted by atomic mass is 16.2. The molecular formula is C17H19N3O2. The van der Waals surface area contributed by atoms with Crippen molar-refractivity contribution in [2.45, 2.75) is 19.4 Å². The summed E-state index contributed by atoms with van der Waals surface area (Å²) in [5.74, 6) is -0.187. The molecule has 114 valence electrons. The number of amides is 3. The molecule has 3 amide bonds. The monoisotopic (exact) mass is 297 g/mol. The molecule has 0 spiro atoms. The van der Waals surface area contributed by atoms with E-state index in [-0.39, 0.29) is 12.3 Å². The van der Waals surface area contributed by atoms with Crippen LogP contribution >= 0.6 is 0 Å². The Morgan fingerprint density at radius 1 is 1.05 bits per heavy atom. The van der Waals surface area contributed by atoms with Crippen LogP contribution in [-0.4, -0.2) is 11.9 Å². The lowest BCUT2D eigenvalue weighted by molar-refractivity contribution is -0.116. The molecule has 0 heterocycles. The van der Waals surface area contributed by atoms with E-state index in [4.69, 9.17) is 5.73 Å². The number of carbonyl (C=O) groups excluding carboxylic acids is 2. The van der Waals surface area contributed by atoms with Crippen LogP contribution in [0.3, 0.4) is 0 Å². The van der Waals surface area contributed by atoms with Crippen molar-refractivity contribution in [3.63, 3.8) is 0 Å². The van der Waals surface area contributed by atoms with E-state index in [1.807, 2.05) is 61.5 Å². The van der Waals surface area contributed by atoms with E-state index in [0.29, 0.717) is 0 Å². The molecule has 0 aliphatic rings. The normalized spacial score (nSPS) is 11.5. The first-order chi connectivity index (χ1) is 10.6. The summed E-state index contributed by atoms with van der Waals surface area (Å²) in [5, 5.41) is 5.44. The molecule has 5 nitrogen and oxygen atoms in total. The van der Waals surface area contributed by atoms with Gasteiger partial charge >= 0.3 is 6.03 Å². The van der Waals surface area contributed by atoms with E-state index in [2.05, 4.69) is 10.6 Å². The highest BCUT2D eigenvalue weighted by Crippen LogP contribution is 2.21. The molecule has 4 N–H and O–H groups in total. The van der Waals surface area contributed by atoms with Gasteiger partial charge in [-0.1, -0.05) is 42.5 Å². The average Bonchev–Trinajstić information content (AvgIpc) is 2.47. The fraction of sp³-hybridized carbons (Fsp3) is 0.176. The summed E-state index contributed by atoms with van der Waals surface area (Å²) in [4.78, 5) is 23.4. The number of rotatable bonds is 5. The Balaban J connectivity index is 2.11. The summed E-state index contributed by atoms with van der Waals surface area (Å²) in [6.07, 6.45) is 0.114. The first-order valence-corrected chi connectivity index (χ1v) is 7.02. The van der Waals surface area contributed by atoms with Crippen molar-refractivity contribution >= 4 is 17.6 Å². The van der Waals surface area contributed by atoms with Crippen molar-refractivity contribution in [1.29, 1.82) is 0 Å². The molecule has 2 rings (SSSR count). The molecule has 2 aromatic carbocycles. The molecule has 1 atom stereocenters. The third-order valence-electron chi connectivity index (χ3n) is 3.33. The lowest BCUT2D eigenvalue weighted by Crippen LogP contribution is -2.35. The van der Waals surface area contributed by atoms with Gasteiger partial charge in [-0.15, -0.1) is 0 Å². The fourth-order valence-corrected chi connectivity index (χ4v) is 2.31. The molecule has 0 aromatic heterocycles. The van der Waals surface area contributed by atoms with Gasteiger partial charge in [0.05, 0.1) is 12.5 Å². The van der Waals surface area contributed by atoms with Crippen LogP contribution in [0.15, 0.2) is 54.6 Å². The summed E-state index contributed by atoms with van der Waals surface area (Å²) < 4.78 is 0. The van der Waals surface area contributed by atoms with E-state index in [0.717, 1.165) is 16.8 Å². The molecule has 22 heavy (non-hydrogen) atoms. The zero-order chi connectivity index (χ0) is 15.9. The van der Waals surface area contributed by atoms with Gasteiger partial charge in [0, 0.05) is 5.69 Å². The van der Waals surface area contributed by atoms with Crippen LogP contribution in [-0.2, 0) is 4.79 Å². The zero-order valence-electron chi connectivity index (χ0n) is 12.4. The van der Waals surface area contributed by atoms with Gasteiger partial charge in [0.2, 0.25) is 5.91 Å². The standard InChI is InChI=1S/C17H19N3O2/c1-12-7-5-6-10-14(12)15(20-17(18)22)11-16(21)19-13-8-3-2-4-9-13/h2-10,15H,11H2,1H3,(H,19,21)(H3,18,20,22)/t15-/m1/s1. The first kappa shape index (κ1) is 15.6. The second-order valence-electron chi connectivity index (χ2n) is 5.04. The maximum atomic E-state index is 12.2. The number of urea groups is 1. The van der Waals surface area contributed by atoms with Crippen LogP contribution in [0.25, 0.3) is 0 Å². The third-order valence-corrected chi connectivity index (χ3v) is 3.33. The number of aryl methyl sites for hydroxylation is 1. The molecule has 0 saturated carbocycles. The first-order valence-electron chi connectivity index (χ1n) is 7.02. The topological polar surface area (TPSA) is 84.2 Å². The molecule has 0 bridgehead atoms. The SMILES string of the molecule is Cc1ccccc1[C@@H](CC(=O)Nc1ccccc1)NC(N)=O. The summed E-state index contributed by atoms with van der Waals surface area (Å²) in [7, 11) is 0. The smallest absolute Gasteiger partial charge is 0.312 e. The second kappa shape index (κ2) is 7.26. The summed E-state index contributed by atoms with van der Waals surface area (Å²) >= 11 is 0. The van der Waals surface area contributed by atoms with Gasteiger partial charge in [-0.25, -0.2) is 4.79 Å². The molecule has 0 aliphatic heterocycles. The van der Waals surface area contributed by atoms with E-state index < -0.39 is 12.1 Å². The van der Waals surface area contributed by atoms with Crippen molar-refractivity contribution in [3.05, 3.63) is 65.7 Å². The number of hydrogen-bond acceptors (Lipinski definition) is 2. The number of carbonyl (C=O) groups is 2. The van der Waals surface area contributed by atoms with Gasteiger partial charge < -0.3 is 16.4 Å². The summed E-state index contributed by atoms with van der Waals surface area (Å²) in [6.45, 7) is 1.93. The maximum absolute atomic E-state index is 12.2. The fourth-order valence-electron chi connectivity index (χ4n) is 2.31. The van der Waals surface area contributed by atoms with Crippen LogP contribution in [0, 0.1) is 6.92 Å². The number of para-hydroxylation sites is 1. The van der Waals surface area contributed by atoms with Crippen LogP contribution in [0.1, 0.15) is 23.6 Å². The highest BCUT2D eigenvalue weighted by Gasteiger charge is 2.19. The van der Waals surface area contributed by atoms with Crippen LogP contribution < -0.4 is 16.4 Å². The van der Waals surface area contributed by atoms with Crippen molar-refractivity contribution in [2.24, 2.45) is 5.73 Å². The predicted molar refractivity (Wildman–Crippen MR) is 86.3 cm³/mol. The third kappa shape index (κ3) is 4.34. The predicted octanol–water partition coefficient (Wildman–Crippen LogP) is 2.73. The van der Waals surface area contributed by atoms with E-state index in [1.165, 1.54) is 0 Å². The largest absolute Gasteiger partial charge is 0.352 e. The average molecular weight is 297 g/mol. The minimum absolute atomic E-state index is 0.114. The highest BCUT2D eigenvalue weighted by molar-refractivity contribution is 5.91. The second-order valence-corrected chi connectivity index (χ2v) is 5.04. The Bertz CT molecular complexity index is 656. The molecule has 5 heteroatoms. The molecule has 0 saturated heterocycles. The minimum atomic E-state index is -0.652. The number of nitrogens with two attached hydrogens (primary N) is 1. The molecule has 0 unspecified atom stereocenters. The Kier molecular flexibility index (Phi) is 5.14. The number of nitrogens with one attached hydrogen (secondary N) is 2. The molecule has 0 aliphatic carbocycles. The minimum Gasteiger partial charge on any atom is -0.352 e. The summed E-state index contributed by atoms with van der Waals surface area (Å²) in [6, 6.07) is 15.7. The van der Waals surface area contributed by atoms with Crippen LogP contribution in [0.5, 0.6) is 0 Å². The van der Waals surface area contributed by atoms with Gasteiger partial charge in [-0.05, 0) is 30.2 Å². The maximum Gasteiger partial charge on any atom is 0.312 e. The van der Waals surface area contributed by atoms with Crippen molar-refractivity contribution in [3.8, 4) is 0 Å². The quantitative estimate of drug-likeness (QED) is 0.792. The van der Waals surface area contributed by atoms with Crippen LogP contribution in [0.2, 0.25) is 0 Å². The number of benzene rings is 2. The Labute approximate surface area is 129 Å². The van der Waals surface area contributed by atoms with E-state index in [9.17, 15) is 9.59 Å². The molecular weight excluding hydrogens is 278 g/mol. The van der Waals surface area contributed by atoms with E-state index >= 15 is 0 Å². The number of anilines is 1. The van der Waals surface area contributed by atoms with Crippen LogP contribution in [0.4, 0.5) is 10.5 Å². The zero-order valence-corrected chi connectivity index (χ0v) is 12.4. The summed E-state index contributed by atoms with van der Waals surface area (Å²) in [5.41, 5.74) is 7.82. The van der Waals surface area contributed by atoms with Gasteiger partial charge in [-0.2, -0.15) is 0 Å². The van der Waals surface area contributed by atoms with Gasteiger partial charge in [0.1, 0.15) is 0 Å². The molecule has 0 radical (unpaired) electrons. The van der Waals surface area contributed by atoms with Crippen molar-refractivity contribution in [1.82, 2.24) is 5.32 Å². The van der Waals surface area contributed by atoms with Gasteiger partial charge in [-0.3, -0.25) is 4.79 Å². The van der Waals surface area contributed by atoms with Gasteiger partial charge in [0.15, 0.2) is 0 Å². The number of primary amides is 1. The number of hydrogen-bond donors (Lipinski definition) is 3. The van der Waals surface area contributed by atoms with Crippen molar-refractivity contribution in [2.75, 3.05) is 5.32 Å². The Morgan fingerprint density at radius 3 is 2.32 bits per heavy atom. The Hall–Kier alpha value is -2.82. The Morgan fingerprint density at radius 2 is 1.68 bits per heavy atom. The molecule has 2 aromatic rings. The van der Waals surface area contributed by atoms with Gasteiger partial charge in [0.25, 0.3) is 0 Å². The lowest BCUT2D eigenvalue weighted by Gasteiger charge is -2.19. The van der Waals surface area contributed by atoms with Crippen molar-refractivity contribution < 1.29 is 9.59 Å².